The maximum Gasteiger partial charge on any atom is 0.347 e. The minimum atomic E-state index is -0.545. The van der Waals surface area contributed by atoms with Gasteiger partial charge in [0.2, 0.25) is 0 Å². The zero-order chi connectivity index (χ0) is 18.5. The normalized spacial score (nSPS) is 16.8. The lowest BCUT2D eigenvalue weighted by molar-refractivity contribution is -0.149. The summed E-state index contributed by atoms with van der Waals surface area (Å²) in [5, 5.41) is 1.08. The smallest absolute Gasteiger partial charge is 0.347 e. The molecule has 1 fully saturated rings. The molecule has 0 bridgehead atoms. The van der Waals surface area contributed by atoms with Crippen LogP contribution in [0.25, 0.3) is 16.5 Å². The number of hydrogen-bond donors (Lipinski definition) is 0. The fourth-order valence-electron chi connectivity index (χ4n) is 3.65. The zero-order valence-electron chi connectivity index (χ0n) is 15.6. The summed E-state index contributed by atoms with van der Waals surface area (Å²) in [7, 11) is 2.02. The van der Waals surface area contributed by atoms with E-state index in [-0.39, 0.29) is 5.92 Å². The molecule has 0 aliphatic carbocycles. The summed E-state index contributed by atoms with van der Waals surface area (Å²) >= 11 is 0. The number of carbonyl (C=O) groups excluding carboxylic acids is 2. The summed E-state index contributed by atoms with van der Waals surface area (Å²) in [5.74, 6) is -1.03. The molecule has 2 aromatic rings. The summed E-state index contributed by atoms with van der Waals surface area (Å²) in [6, 6.07) is 8.12. The van der Waals surface area contributed by atoms with Gasteiger partial charge in [-0.3, -0.25) is 0 Å². The molecule has 1 aliphatic heterocycles. The van der Waals surface area contributed by atoms with Gasteiger partial charge >= 0.3 is 11.9 Å². The Kier molecular flexibility index (Phi) is 4.15. The second kappa shape index (κ2) is 6.03. The van der Waals surface area contributed by atoms with E-state index < -0.39 is 11.9 Å². The summed E-state index contributed by atoms with van der Waals surface area (Å²) in [5.41, 5.74) is 5.68. The topological polar surface area (TPSA) is 48.3 Å². The summed E-state index contributed by atoms with van der Waals surface area (Å²) in [6.45, 7) is 9.80. The van der Waals surface area contributed by atoms with Gasteiger partial charge in [-0.1, -0.05) is 37.6 Å². The number of para-hydroxylation sites is 1. The van der Waals surface area contributed by atoms with Gasteiger partial charge < -0.3 is 9.30 Å². The molecule has 1 saturated heterocycles. The van der Waals surface area contributed by atoms with E-state index in [1.807, 2.05) is 53.8 Å². The van der Waals surface area contributed by atoms with Crippen LogP contribution in [-0.2, 0) is 21.4 Å². The number of ether oxygens (including phenoxy) is 1. The third kappa shape index (κ3) is 2.53. The maximum absolute atomic E-state index is 12.5. The molecule has 25 heavy (non-hydrogen) atoms. The Morgan fingerprint density at radius 2 is 1.64 bits per heavy atom. The highest BCUT2D eigenvalue weighted by atomic mass is 16.6. The SMILES string of the molecule is CC(C)=C1C(=O)OC(=O)/C1=C(\c1c(C)n(C)c2ccccc12)C(C)C. The van der Waals surface area contributed by atoms with Crippen molar-refractivity contribution in [1.82, 2.24) is 4.57 Å². The van der Waals surface area contributed by atoms with Crippen molar-refractivity contribution in [2.45, 2.75) is 34.6 Å². The predicted octanol–water partition coefficient (Wildman–Crippen LogP) is 4.32. The first-order chi connectivity index (χ1) is 11.8. The van der Waals surface area contributed by atoms with Crippen LogP contribution in [0.3, 0.4) is 0 Å². The number of rotatable bonds is 2. The van der Waals surface area contributed by atoms with Gasteiger partial charge in [0, 0.05) is 29.2 Å². The quantitative estimate of drug-likeness (QED) is 0.466. The van der Waals surface area contributed by atoms with Gasteiger partial charge in [-0.25, -0.2) is 9.59 Å². The molecule has 0 atom stereocenters. The van der Waals surface area contributed by atoms with Crippen LogP contribution in [0.4, 0.5) is 0 Å². The average Bonchev–Trinajstić information content (AvgIpc) is 2.97. The van der Waals surface area contributed by atoms with E-state index in [0.717, 1.165) is 33.3 Å². The molecule has 2 heterocycles. The van der Waals surface area contributed by atoms with E-state index in [4.69, 9.17) is 4.74 Å². The zero-order valence-corrected chi connectivity index (χ0v) is 15.6. The van der Waals surface area contributed by atoms with Gasteiger partial charge in [-0.15, -0.1) is 0 Å². The average molecular weight is 337 g/mol. The molecule has 0 spiro atoms. The lowest BCUT2D eigenvalue weighted by atomic mass is 9.85. The van der Waals surface area contributed by atoms with Crippen LogP contribution < -0.4 is 0 Å². The first kappa shape index (κ1) is 17.2. The number of aryl methyl sites for hydroxylation is 1. The number of nitrogens with zero attached hydrogens (tertiary/aromatic N) is 1. The molecule has 4 heteroatoms. The number of hydrogen-bond acceptors (Lipinski definition) is 3. The van der Waals surface area contributed by atoms with E-state index in [1.54, 1.807) is 0 Å². The highest BCUT2D eigenvalue weighted by molar-refractivity contribution is 6.23. The molecule has 0 saturated carbocycles. The Morgan fingerprint density at radius 1 is 1.04 bits per heavy atom. The minimum absolute atomic E-state index is 0.0623. The highest BCUT2D eigenvalue weighted by Gasteiger charge is 2.38. The molecule has 1 aliphatic rings. The lowest BCUT2D eigenvalue weighted by Gasteiger charge is -2.16. The van der Waals surface area contributed by atoms with Gasteiger partial charge in [0.1, 0.15) is 0 Å². The third-order valence-electron chi connectivity index (χ3n) is 4.86. The maximum atomic E-state index is 12.5. The second-order valence-electron chi connectivity index (χ2n) is 7.03. The molecular formula is C21H23NO3. The molecular weight excluding hydrogens is 314 g/mol. The number of allylic oxidation sites excluding steroid dienone is 2. The molecule has 130 valence electrons. The Morgan fingerprint density at radius 3 is 2.24 bits per heavy atom. The standard InChI is InChI=1S/C21H23NO3/c1-11(2)16(19-17(12(3)4)20(23)25-21(19)24)18-13(5)22(6)15-10-8-7-9-14(15)18/h7-11H,1-6H3/b19-16-. The number of benzene rings is 1. The van der Waals surface area contributed by atoms with Crippen molar-refractivity contribution in [3.8, 4) is 0 Å². The molecule has 1 aromatic carbocycles. The Balaban J connectivity index is 2.48. The van der Waals surface area contributed by atoms with Gasteiger partial charge in [-0.2, -0.15) is 0 Å². The number of esters is 2. The Bertz CT molecular complexity index is 966. The van der Waals surface area contributed by atoms with Crippen molar-refractivity contribution in [1.29, 1.82) is 0 Å². The van der Waals surface area contributed by atoms with Crippen molar-refractivity contribution < 1.29 is 14.3 Å². The van der Waals surface area contributed by atoms with Crippen LogP contribution in [0.2, 0.25) is 0 Å². The van der Waals surface area contributed by atoms with E-state index in [9.17, 15) is 9.59 Å². The molecule has 0 amide bonds. The van der Waals surface area contributed by atoms with Crippen LogP contribution >= 0.6 is 0 Å². The fourth-order valence-corrected chi connectivity index (χ4v) is 3.65. The molecule has 1 aromatic heterocycles. The highest BCUT2D eigenvalue weighted by Crippen LogP contribution is 2.41. The number of carbonyl (C=O) groups is 2. The van der Waals surface area contributed by atoms with Crippen LogP contribution in [0.1, 0.15) is 39.0 Å². The van der Waals surface area contributed by atoms with Crippen molar-refractivity contribution in [3.05, 3.63) is 52.2 Å². The summed E-state index contributed by atoms with van der Waals surface area (Å²) in [6.07, 6.45) is 0. The van der Waals surface area contributed by atoms with E-state index in [0.29, 0.717) is 11.1 Å². The number of aromatic nitrogens is 1. The Labute approximate surface area is 147 Å². The van der Waals surface area contributed by atoms with Crippen LogP contribution in [0.5, 0.6) is 0 Å². The van der Waals surface area contributed by atoms with Crippen molar-refractivity contribution in [2.24, 2.45) is 13.0 Å². The minimum Gasteiger partial charge on any atom is -0.386 e. The second-order valence-corrected chi connectivity index (χ2v) is 7.03. The van der Waals surface area contributed by atoms with Crippen LogP contribution in [0.15, 0.2) is 41.0 Å². The first-order valence-electron chi connectivity index (χ1n) is 8.48. The van der Waals surface area contributed by atoms with E-state index in [1.165, 1.54) is 0 Å². The molecule has 3 rings (SSSR count). The Hall–Kier alpha value is -2.62. The van der Waals surface area contributed by atoms with Crippen molar-refractivity contribution in [3.63, 3.8) is 0 Å². The summed E-state index contributed by atoms with van der Waals surface area (Å²) < 4.78 is 7.08. The number of fused-ring (bicyclic) bond motifs is 1. The fraction of sp³-hybridized carbons (Fsp3) is 0.333. The van der Waals surface area contributed by atoms with Gasteiger partial charge in [-0.05, 0) is 38.3 Å². The van der Waals surface area contributed by atoms with Gasteiger partial charge in [0.15, 0.2) is 0 Å². The lowest BCUT2D eigenvalue weighted by Crippen LogP contribution is -2.07. The number of cyclic esters (lactones) is 2. The molecule has 0 radical (unpaired) electrons. The molecule has 0 unspecified atom stereocenters. The first-order valence-corrected chi connectivity index (χ1v) is 8.48. The van der Waals surface area contributed by atoms with E-state index >= 15 is 0 Å². The van der Waals surface area contributed by atoms with Crippen LogP contribution in [0, 0.1) is 12.8 Å². The predicted molar refractivity (Wildman–Crippen MR) is 98.9 cm³/mol. The van der Waals surface area contributed by atoms with Crippen molar-refractivity contribution in [2.75, 3.05) is 0 Å². The van der Waals surface area contributed by atoms with E-state index in [2.05, 4.69) is 16.7 Å². The van der Waals surface area contributed by atoms with Gasteiger partial charge in [0.05, 0.1) is 11.1 Å². The van der Waals surface area contributed by atoms with Gasteiger partial charge in [0.25, 0.3) is 0 Å². The molecule has 4 nitrogen and oxygen atoms in total. The molecule has 0 N–H and O–H groups in total. The van der Waals surface area contributed by atoms with Crippen LogP contribution in [-0.4, -0.2) is 16.5 Å². The monoisotopic (exact) mass is 337 g/mol. The third-order valence-corrected chi connectivity index (χ3v) is 4.86. The summed E-state index contributed by atoms with van der Waals surface area (Å²) in [4.78, 5) is 24.7. The largest absolute Gasteiger partial charge is 0.386 e. The van der Waals surface area contributed by atoms with Crippen molar-refractivity contribution >= 4 is 28.4 Å².